The van der Waals surface area contributed by atoms with Crippen LogP contribution in [0.3, 0.4) is 0 Å². The third-order valence-corrected chi connectivity index (χ3v) is 6.49. The van der Waals surface area contributed by atoms with Crippen LogP contribution in [-0.4, -0.2) is 29.6 Å². The van der Waals surface area contributed by atoms with E-state index in [2.05, 4.69) is 83.2 Å². The SMILES string of the molecule is CCCCCN(CCCCC)C[C@H](O)c1cccc2c1cc(Br)c1ccccc12. The van der Waals surface area contributed by atoms with Crippen LogP contribution in [0.4, 0.5) is 0 Å². The average Bonchev–Trinajstić information content (AvgIpc) is 2.74. The van der Waals surface area contributed by atoms with Crippen LogP contribution in [0.1, 0.15) is 64.0 Å². The fourth-order valence-electron chi connectivity index (χ4n) is 4.21. The molecule has 3 aromatic rings. The summed E-state index contributed by atoms with van der Waals surface area (Å²) >= 11 is 3.74. The molecule has 1 atom stereocenters. The van der Waals surface area contributed by atoms with Crippen molar-refractivity contribution < 1.29 is 5.11 Å². The lowest BCUT2D eigenvalue weighted by Crippen LogP contribution is -2.31. The number of unbranched alkanes of at least 4 members (excludes halogenated alkanes) is 4. The van der Waals surface area contributed by atoms with Gasteiger partial charge in [0.25, 0.3) is 0 Å². The number of rotatable bonds is 11. The molecule has 0 bridgehead atoms. The van der Waals surface area contributed by atoms with Crippen LogP contribution < -0.4 is 0 Å². The van der Waals surface area contributed by atoms with Gasteiger partial charge in [0.05, 0.1) is 6.10 Å². The fourth-order valence-corrected chi connectivity index (χ4v) is 4.78. The number of hydrogen-bond acceptors (Lipinski definition) is 2. The molecule has 29 heavy (non-hydrogen) atoms. The maximum atomic E-state index is 11.2. The highest BCUT2D eigenvalue weighted by Crippen LogP contribution is 2.35. The standard InChI is InChI=1S/C26H34BrNO/c1-3-5-9-16-28(17-10-6-4-2)19-26(29)23-15-11-14-21-20-12-7-8-13-22(20)25(27)18-24(21)23/h7-8,11-15,18,26,29H,3-6,9-10,16-17,19H2,1-2H3/t26-/m0/s1. The number of aliphatic hydroxyl groups is 1. The molecule has 0 radical (unpaired) electrons. The molecule has 156 valence electrons. The third kappa shape index (κ3) is 5.59. The minimum atomic E-state index is -0.477. The van der Waals surface area contributed by atoms with Gasteiger partial charge < -0.3 is 10.0 Å². The fraction of sp³-hybridized carbons (Fsp3) is 0.462. The summed E-state index contributed by atoms with van der Waals surface area (Å²) in [7, 11) is 0. The highest BCUT2D eigenvalue weighted by Gasteiger charge is 2.17. The van der Waals surface area contributed by atoms with Crippen LogP contribution in [0, 0.1) is 0 Å². The molecule has 0 heterocycles. The Morgan fingerprint density at radius 2 is 1.38 bits per heavy atom. The molecule has 0 amide bonds. The Balaban J connectivity index is 1.87. The van der Waals surface area contributed by atoms with E-state index >= 15 is 0 Å². The summed E-state index contributed by atoms with van der Waals surface area (Å²) in [4.78, 5) is 2.46. The Morgan fingerprint density at radius 3 is 2.03 bits per heavy atom. The number of aliphatic hydroxyl groups excluding tert-OH is 1. The summed E-state index contributed by atoms with van der Waals surface area (Å²) in [5, 5.41) is 16.0. The van der Waals surface area contributed by atoms with Gasteiger partial charge in [0.15, 0.2) is 0 Å². The van der Waals surface area contributed by atoms with Crippen molar-refractivity contribution in [3.05, 3.63) is 58.6 Å². The van der Waals surface area contributed by atoms with Gasteiger partial charge >= 0.3 is 0 Å². The van der Waals surface area contributed by atoms with Gasteiger partial charge in [-0.1, -0.05) is 97.9 Å². The van der Waals surface area contributed by atoms with E-state index in [0.29, 0.717) is 6.54 Å². The second-order valence-corrected chi connectivity index (χ2v) is 8.93. The minimum absolute atomic E-state index is 0.477. The van der Waals surface area contributed by atoms with Crippen molar-refractivity contribution in [2.75, 3.05) is 19.6 Å². The summed E-state index contributed by atoms with van der Waals surface area (Å²) in [6.45, 7) is 7.35. The third-order valence-electron chi connectivity index (χ3n) is 5.83. The van der Waals surface area contributed by atoms with Gasteiger partial charge in [-0.2, -0.15) is 0 Å². The zero-order valence-electron chi connectivity index (χ0n) is 17.8. The number of benzene rings is 3. The van der Waals surface area contributed by atoms with Crippen molar-refractivity contribution in [2.24, 2.45) is 0 Å². The maximum Gasteiger partial charge on any atom is 0.0922 e. The molecular formula is C26H34BrNO. The molecule has 0 spiro atoms. The van der Waals surface area contributed by atoms with Gasteiger partial charge in [-0.3, -0.25) is 0 Å². The molecule has 0 aromatic heterocycles. The van der Waals surface area contributed by atoms with E-state index in [1.54, 1.807) is 0 Å². The molecular weight excluding hydrogens is 422 g/mol. The predicted octanol–water partition coefficient (Wildman–Crippen LogP) is 7.47. The molecule has 3 rings (SSSR count). The van der Waals surface area contributed by atoms with E-state index in [1.165, 1.54) is 54.7 Å². The lowest BCUT2D eigenvalue weighted by Gasteiger charge is -2.26. The molecule has 0 aliphatic heterocycles. The van der Waals surface area contributed by atoms with Gasteiger partial charge in [-0.05, 0) is 59.1 Å². The summed E-state index contributed by atoms with van der Waals surface area (Å²) in [6, 6.07) is 17.0. The lowest BCUT2D eigenvalue weighted by molar-refractivity contribution is 0.111. The molecule has 0 fully saturated rings. The zero-order chi connectivity index (χ0) is 20.6. The summed E-state index contributed by atoms with van der Waals surface area (Å²) in [5.41, 5.74) is 1.03. The Labute approximate surface area is 184 Å². The van der Waals surface area contributed by atoms with Crippen molar-refractivity contribution in [1.29, 1.82) is 0 Å². The molecule has 3 heteroatoms. The van der Waals surface area contributed by atoms with Crippen LogP contribution in [0.15, 0.2) is 53.0 Å². The molecule has 0 aliphatic rings. The van der Waals surface area contributed by atoms with Crippen LogP contribution >= 0.6 is 15.9 Å². The molecule has 0 aliphatic carbocycles. The number of nitrogens with zero attached hydrogens (tertiary/aromatic N) is 1. The molecule has 0 unspecified atom stereocenters. The van der Waals surface area contributed by atoms with E-state index in [1.807, 2.05) is 0 Å². The number of hydrogen-bond donors (Lipinski definition) is 1. The van der Waals surface area contributed by atoms with Crippen LogP contribution in [0.25, 0.3) is 21.5 Å². The van der Waals surface area contributed by atoms with Crippen LogP contribution in [0.5, 0.6) is 0 Å². The Bertz CT molecular complexity index is 913. The molecule has 0 saturated carbocycles. The Kier molecular flexibility index (Phi) is 8.53. The lowest BCUT2D eigenvalue weighted by atomic mass is 9.95. The Hall–Kier alpha value is -1.42. The van der Waals surface area contributed by atoms with Crippen LogP contribution in [0.2, 0.25) is 0 Å². The first-order chi connectivity index (χ1) is 14.2. The normalized spacial score (nSPS) is 12.9. The van der Waals surface area contributed by atoms with Crippen molar-refractivity contribution in [1.82, 2.24) is 4.90 Å². The first-order valence-electron chi connectivity index (χ1n) is 11.2. The summed E-state index contributed by atoms with van der Waals surface area (Å²) in [5.74, 6) is 0. The van der Waals surface area contributed by atoms with E-state index in [9.17, 15) is 5.11 Å². The predicted molar refractivity (Wildman–Crippen MR) is 130 cm³/mol. The van der Waals surface area contributed by atoms with Gasteiger partial charge in [-0.15, -0.1) is 0 Å². The van der Waals surface area contributed by atoms with Crippen molar-refractivity contribution >= 4 is 37.5 Å². The first kappa shape index (κ1) is 22.3. The number of halogens is 1. The second-order valence-electron chi connectivity index (χ2n) is 8.08. The molecule has 1 N–H and O–H groups in total. The van der Waals surface area contributed by atoms with Gasteiger partial charge in [0.1, 0.15) is 0 Å². The first-order valence-corrected chi connectivity index (χ1v) is 11.9. The smallest absolute Gasteiger partial charge is 0.0922 e. The monoisotopic (exact) mass is 455 g/mol. The van der Waals surface area contributed by atoms with E-state index in [4.69, 9.17) is 0 Å². The van der Waals surface area contributed by atoms with Crippen molar-refractivity contribution in [3.8, 4) is 0 Å². The van der Waals surface area contributed by atoms with Gasteiger partial charge in [0, 0.05) is 11.0 Å². The largest absolute Gasteiger partial charge is 0.387 e. The minimum Gasteiger partial charge on any atom is -0.387 e. The zero-order valence-corrected chi connectivity index (χ0v) is 19.4. The van der Waals surface area contributed by atoms with E-state index in [0.717, 1.165) is 28.5 Å². The van der Waals surface area contributed by atoms with E-state index < -0.39 is 6.10 Å². The highest BCUT2D eigenvalue weighted by atomic mass is 79.9. The van der Waals surface area contributed by atoms with Crippen LogP contribution in [-0.2, 0) is 0 Å². The van der Waals surface area contributed by atoms with Crippen molar-refractivity contribution in [2.45, 2.75) is 58.5 Å². The summed E-state index contributed by atoms with van der Waals surface area (Å²) < 4.78 is 1.09. The summed E-state index contributed by atoms with van der Waals surface area (Å²) in [6.07, 6.45) is 6.92. The second kappa shape index (κ2) is 11.1. The maximum absolute atomic E-state index is 11.2. The average molecular weight is 456 g/mol. The highest BCUT2D eigenvalue weighted by molar-refractivity contribution is 9.10. The molecule has 3 aromatic carbocycles. The van der Waals surface area contributed by atoms with Crippen molar-refractivity contribution in [3.63, 3.8) is 0 Å². The van der Waals surface area contributed by atoms with E-state index in [-0.39, 0.29) is 0 Å². The molecule has 2 nitrogen and oxygen atoms in total. The quantitative estimate of drug-likeness (QED) is 0.239. The number of fused-ring (bicyclic) bond motifs is 3. The van der Waals surface area contributed by atoms with Gasteiger partial charge in [-0.25, -0.2) is 0 Å². The topological polar surface area (TPSA) is 23.5 Å². The molecule has 0 saturated heterocycles. The van der Waals surface area contributed by atoms with Gasteiger partial charge in [0.2, 0.25) is 0 Å². The Morgan fingerprint density at radius 1 is 0.793 bits per heavy atom.